The molecule has 0 aliphatic heterocycles. The molecule has 0 aromatic heterocycles. The van der Waals surface area contributed by atoms with E-state index < -0.39 is 0 Å². The monoisotopic (exact) mass is 198 g/mol. The molecule has 0 aromatic rings. The summed E-state index contributed by atoms with van der Waals surface area (Å²) in [7, 11) is 0. The van der Waals surface area contributed by atoms with Crippen molar-refractivity contribution in [2.24, 2.45) is 5.73 Å². The lowest BCUT2D eigenvalue weighted by Gasteiger charge is -2.08. The van der Waals surface area contributed by atoms with Crippen LogP contribution in [0.25, 0.3) is 0 Å². The molecule has 0 unspecified atom stereocenters. The molecule has 0 saturated carbocycles. The van der Waals surface area contributed by atoms with Crippen LogP contribution in [0.1, 0.15) is 51.9 Å². The van der Waals surface area contributed by atoms with Crippen LogP contribution in [0.4, 0.5) is 0 Å². The number of allylic oxidation sites excluding steroid dienone is 1. The smallest absolute Gasteiger partial charge is 0.0143 e. The minimum absolute atomic E-state index is 0.795. The van der Waals surface area contributed by atoms with E-state index in [1.165, 1.54) is 31.4 Å². The van der Waals surface area contributed by atoms with Crippen molar-refractivity contribution in [3.63, 3.8) is 0 Å². The highest BCUT2D eigenvalue weighted by Crippen LogP contribution is 2.02. The molecule has 0 saturated heterocycles. The van der Waals surface area contributed by atoms with Crippen molar-refractivity contribution in [3.8, 4) is 0 Å². The van der Waals surface area contributed by atoms with E-state index in [0.717, 1.165) is 32.4 Å². The quantitative estimate of drug-likeness (QED) is 0.530. The molecule has 0 aliphatic rings. The highest BCUT2D eigenvalue weighted by atomic mass is 14.9. The van der Waals surface area contributed by atoms with Crippen LogP contribution in [0.15, 0.2) is 12.3 Å². The molecular weight excluding hydrogens is 172 g/mol. The Balaban J connectivity index is 3.10. The zero-order chi connectivity index (χ0) is 10.6. The van der Waals surface area contributed by atoms with Crippen molar-refractivity contribution in [3.05, 3.63) is 12.3 Å². The Bertz CT molecular complexity index is 132. The summed E-state index contributed by atoms with van der Waals surface area (Å²) in [5, 5.41) is 3.37. The minimum atomic E-state index is 0.795. The van der Waals surface area contributed by atoms with Crippen LogP contribution < -0.4 is 11.1 Å². The van der Waals surface area contributed by atoms with Gasteiger partial charge in [-0.15, -0.1) is 0 Å². The van der Waals surface area contributed by atoms with E-state index in [1.807, 2.05) is 0 Å². The SMILES string of the molecule is C=C(CCCCN)NCCCCCC. The lowest BCUT2D eigenvalue weighted by Crippen LogP contribution is -2.14. The zero-order valence-corrected chi connectivity index (χ0v) is 9.65. The van der Waals surface area contributed by atoms with E-state index in [0.29, 0.717) is 0 Å². The third-order valence-corrected chi connectivity index (χ3v) is 2.34. The van der Waals surface area contributed by atoms with Gasteiger partial charge in [-0.1, -0.05) is 32.8 Å². The molecule has 0 rings (SSSR count). The highest BCUT2D eigenvalue weighted by Gasteiger charge is 1.93. The molecule has 0 fully saturated rings. The second-order valence-corrected chi connectivity index (χ2v) is 3.84. The lowest BCUT2D eigenvalue weighted by atomic mass is 10.2. The Kier molecular flexibility index (Phi) is 10.2. The first-order valence-electron chi connectivity index (χ1n) is 5.93. The van der Waals surface area contributed by atoms with Gasteiger partial charge in [-0.05, 0) is 32.2 Å². The molecule has 3 N–H and O–H groups in total. The molecular formula is C12H26N2. The van der Waals surface area contributed by atoms with Crippen LogP contribution in [0.2, 0.25) is 0 Å². The highest BCUT2D eigenvalue weighted by molar-refractivity contribution is 4.90. The van der Waals surface area contributed by atoms with Gasteiger partial charge in [0.05, 0.1) is 0 Å². The minimum Gasteiger partial charge on any atom is -0.389 e. The predicted molar refractivity (Wildman–Crippen MR) is 64.2 cm³/mol. The van der Waals surface area contributed by atoms with E-state index in [4.69, 9.17) is 5.73 Å². The molecule has 0 heterocycles. The van der Waals surface area contributed by atoms with E-state index in [1.54, 1.807) is 0 Å². The molecule has 2 nitrogen and oxygen atoms in total. The molecule has 0 amide bonds. The maximum Gasteiger partial charge on any atom is 0.0143 e. The molecule has 2 heteroatoms. The van der Waals surface area contributed by atoms with E-state index in [9.17, 15) is 0 Å². The van der Waals surface area contributed by atoms with Crippen molar-refractivity contribution < 1.29 is 0 Å². The van der Waals surface area contributed by atoms with Crippen LogP contribution >= 0.6 is 0 Å². The fourth-order valence-electron chi connectivity index (χ4n) is 1.39. The maximum absolute atomic E-state index is 5.42. The predicted octanol–water partition coefficient (Wildman–Crippen LogP) is 2.80. The number of nitrogens with two attached hydrogens (primary N) is 1. The van der Waals surface area contributed by atoms with E-state index in [2.05, 4.69) is 18.8 Å². The molecule has 0 aromatic carbocycles. The third kappa shape index (κ3) is 9.59. The summed E-state index contributed by atoms with van der Waals surface area (Å²) >= 11 is 0. The first-order valence-corrected chi connectivity index (χ1v) is 5.93. The van der Waals surface area contributed by atoms with Crippen molar-refractivity contribution in [2.75, 3.05) is 13.1 Å². The second kappa shape index (κ2) is 10.6. The molecule has 0 spiro atoms. The summed E-state index contributed by atoms with van der Waals surface area (Å²) < 4.78 is 0. The van der Waals surface area contributed by atoms with Gasteiger partial charge in [0.2, 0.25) is 0 Å². The van der Waals surface area contributed by atoms with Crippen molar-refractivity contribution in [2.45, 2.75) is 51.9 Å². The van der Waals surface area contributed by atoms with Crippen molar-refractivity contribution >= 4 is 0 Å². The Morgan fingerprint density at radius 3 is 2.57 bits per heavy atom. The topological polar surface area (TPSA) is 38.0 Å². The zero-order valence-electron chi connectivity index (χ0n) is 9.65. The van der Waals surface area contributed by atoms with Gasteiger partial charge in [0.15, 0.2) is 0 Å². The normalized spacial score (nSPS) is 10.1. The van der Waals surface area contributed by atoms with Crippen molar-refractivity contribution in [1.82, 2.24) is 5.32 Å². The Labute approximate surface area is 89.0 Å². The van der Waals surface area contributed by atoms with Crippen molar-refractivity contribution in [1.29, 1.82) is 0 Å². The van der Waals surface area contributed by atoms with Crippen LogP contribution in [0.5, 0.6) is 0 Å². The van der Waals surface area contributed by atoms with E-state index >= 15 is 0 Å². The number of hydrogen-bond donors (Lipinski definition) is 2. The molecule has 0 bridgehead atoms. The van der Waals surface area contributed by atoms with Crippen LogP contribution in [0, 0.1) is 0 Å². The summed E-state index contributed by atoms with van der Waals surface area (Å²) in [4.78, 5) is 0. The molecule has 84 valence electrons. The van der Waals surface area contributed by atoms with E-state index in [-0.39, 0.29) is 0 Å². The largest absolute Gasteiger partial charge is 0.389 e. The first kappa shape index (κ1) is 13.5. The van der Waals surface area contributed by atoms with Gasteiger partial charge in [0.1, 0.15) is 0 Å². The van der Waals surface area contributed by atoms with Crippen LogP contribution in [-0.2, 0) is 0 Å². The summed E-state index contributed by atoms with van der Waals surface area (Å²) in [6.07, 6.45) is 8.60. The number of hydrogen-bond acceptors (Lipinski definition) is 2. The van der Waals surface area contributed by atoms with Gasteiger partial charge in [0.25, 0.3) is 0 Å². The summed E-state index contributed by atoms with van der Waals surface area (Å²) in [6, 6.07) is 0. The Hall–Kier alpha value is -0.500. The first-order chi connectivity index (χ1) is 6.81. The standard InChI is InChI=1S/C12H26N2/c1-3-4-5-8-11-14-12(2)9-6-7-10-13/h14H,2-11,13H2,1H3. The summed E-state index contributed by atoms with van der Waals surface area (Å²) in [5.74, 6) is 0. The van der Waals surface area contributed by atoms with Gasteiger partial charge in [-0.3, -0.25) is 0 Å². The molecule has 0 atom stereocenters. The van der Waals surface area contributed by atoms with Gasteiger partial charge >= 0.3 is 0 Å². The van der Waals surface area contributed by atoms with Gasteiger partial charge in [0, 0.05) is 12.2 Å². The van der Waals surface area contributed by atoms with Crippen LogP contribution in [0.3, 0.4) is 0 Å². The van der Waals surface area contributed by atoms with Gasteiger partial charge in [-0.2, -0.15) is 0 Å². The summed E-state index contributed by atoms with van der Waals surface area (Å²) in [5.41, 5.74) is 6.60. The number of unbranched alkanes of at least 4 members (excludes halogenated alkanes) is 4. The Morgan fingerprint density at radius 2 is 1.93 bits per heavy atom. The number of rotatable bonds is 10. The van der Waals surface area contributed by atoms with Gasteiger partial charge in [-0.25, -0.2) is 0 Å². The number of nitrogens with one attached hydrogen (secondary N) is 1. The second-order valence-electron chi connectivity index (χ2n) is 3.84. The summed E-state index contributed by atoms with van der Waals surface area (Å²) in [6.45, 7) is 8.11. The molecule has 0 aliphatic carbocycles. The van der Waals surface area contributed by atoms with Crippen LogP contribution in [-0.4, -0.2) is 13.1 Å². The fourth-order valence-corrected chi connectivity index (χ4v) is 1.39. The van der Waals surface area contributed by atoms with Gasteiger partial charge < -0.3 is 11.1 Å². The third-order valence-electron chi connectivity index (χ3n) is 2.34. The Morgan fingerprint density at radius 1 is 1.14 bits per heavy atom. The fraction of sp³-hybridized carbons (Fsp3) is 0.833. The average molecular weight is 198 g/mol. The maximum atomic E-state index is 5.42. The molecule has 14 heavy (non-hydrogen) atoms. The molecule has 0 radical (unpaired) electrons. The average Bonchev–Trinajstić information content (AvgIpc) is 2.18. The lowest BCUT2D eigenvalue weighted by molar-refractivity contribution is 0.616.